The van der Waals surface area contributed by atoms with Gasteiger partial charge in [-0.1, -0.05) is 13.3 Å². The third-order valence-corrected chi connectivity index (χ3v) is 2.12. The zero-order valence-corrected chi connectivity index (χ0v) is 8.86. The minimum Gasteiger partial charge on any atom is -0.352 e. The predicted molar refractivity (Wildman–Crippen MR) is 56.9 cm³/mol. The van der Waals surface area contributed by atoms with Gasteiger partial charge >= 0.3 is 0 Å². The van der Waals surface area contributed by atoms with Gasteiger partial charge in [0.1, 0.15) is 6.54 Å². The van der Waals surface area contributed by atoms with Crippen molar-refractivity contribution in [2.45, 2.75) is 39.3 Å². The summed E-state index contributed by atoms with van der Waals surface area (Å²) < 4.78 is 1.87. The molecule has 0 aliphatic carbocycles. The number of hydrogen-bond acceptors (Lipinski definition) is 1. The molecule has 1 unspecified atom stereocenters. The molecule has 1 N–H and O–H groups in total. The first-order valence-corrected chi connectivity index (χ1v) is 5.12. The molecule has 0 spiro atoms. The molecule has 0 bridgehead atoms. The van der Waals surface area contributed by atoms with Gasteiger partial charge in [-0.05, 0) is 25.5 Å². The molecule has 0 aliphatic rings. The fourth-order valence-corrected chi connectivity index (χ4v) is 1.47. The number of carbonyl (C=O) groups is 1. The number of rotatable bonds is 5. The molecule has 14 heavy (non-hydrogen) atoms. The molecule has 1 aromatic rings. The van der Waals surface area contributed by atoms with Crippen LogP contribution >= 0.6 is 0 Å². The Morgan fingerprint density at radius 2 is 2.07 bits per heavy atom. The monoisotopic (exact) mass is 194 g/mol. The smallest absolute Gasteiger partial charge is 0.240 e. The SMILES string of the molecule is CCCC(C)NC(=O)Cn1cccc1. The largest absolute Gasteiger partial charge is 0.352 e. The fraction of sp³-hybridized carbons (Fsp3) is 0.545. The molecule has 0 fully saturated rings. The van der Waals surface area contributed by atoms with Crippen LogP contribution in [0.3, 0.4) is 0 Å². The lowest BCUT2D eigenvalue weighted by atomic mass is 10.2. The van der Waals surface area contributed by atoms with E-state index >= 15 is 0 Å². The van der Waals surface area contributed by atoms with Gasteiger partial charge in [-0.2, -0.15) is 0 Å². The summed E-state index contributed by atoms with van der Waals surface area (Å²) >= 11 is 0. The van der Waals surface area contributed by atoms with E-state index < -0.39 is 0 Å². The summed E-state index contributed by atoms with van der Waals surface area (Å²) in [5, 5.41) is 2.96. The van der Waals surface area contributed by atoms with Crippen LogP contribution in [0.5, 0.6) is 0 Å². The number of hydrogen-bond donors (Lipinski definition) is 1. The average Bonchev–Trinajstić information content (AvgIpc) is 2.56. The van der Waals surface area contributed by atoms with Gasteiger partial charge in [-0.15, -0.1) is 0 Å². The Kier molecular flexibility index (Phi) is 4.23. The zero-order valence-electron chi connectivity index (χ0n) is 8.86. The molecule has 0 saturated heterocycles. The van der Waals surface area contributed by atoms with Crippen molar-refractivity contribution in [2.24, 2.45) is 0 Å². The molecule has 0 saturated carbocycles. The highest BCUT2D eigenvalue weighted by Gasteiger charge is 2.05. The molecule has 0 aromatic carbocycles. The zero-order chi connectivity index (χ0) is 10.4. The van der Waals surface area contributed by atoms with Crippen LogP contribution in [0, 0.1) is 0 Å². The van der Waals surface area contributed by atoms with Gasteiger partial charge in [0.05, 0.1) is 0 Å². The molecular weight excluding hydrogens is 176 g/mol. The molecule has 1 amide bonds. The van der Waals surface area contributed by atoms with Crippen molar-refractivity contribution in [3.8, 4) is 0 Å². The molecular formula is C11H18N2O. The second-order valence-corrected chi connectivity index (χ2v) is 3.61. The summed E-state index contributed by atoms with van der Waals surface area (Å²) in [7, 11) is 0. The first kappa shape index (κ1) is 10.8. The first-order chi connectivity index (χ1) is 6.72. The van der Waals surface area contributed by atoms with E-state index in [1.807, 2.05) is 36.0 Å². The van der Waals surface area contributed by atoms with Crippen LogP contribution in [0.2, 0.25) is 0 Å². The van der Waals surface area contributed by atoms with E-state index in [0.29, 0.717) is 6.54 Å². The van der Waals surface area contributed by atoms with Crippen LogP contribution in [0.1, 0.15) is 26.7 Å². The Morgan fingerprint density at radius 1 is 1.43 bits per heavy atom. The van der Waals surface area contributed by atoms with Crippen LogP contribution in [0.4, 0.5) is 0 Å². The Labute approximate surface area is 85.1 Å². The van der Waals surface area contributed by atoms with E-state index in [2.05, 4.69) is 12.2 Å². The van der Waals surface area contributed by atoms with Gasteiger partial charge in [0.15, 0.2) is 0 Å². The van der Waals surface area contributed by atoms with Crippen LogP contribution in [0.25, 0.3) is 0 Å². The van der Waals surface area contributed by atoms with E-state index in [1.165, 1.54) is 0 Å². The topological polar surface area (TPSA) is 34.0 Å². The fourth-order valence-electron chi connectivity index (χ4n) is 1.47. The molecule has 1 heterocycles. The average molecular weight is 194 g/mol. The molecule has 1 atom stereocenters. The lowest BCUT2D eigenvalue weighted by molar-refractivity contribution is -0.122. The van der Waals surface area contributed by atoms with Gasteiger partial charge < -0.3 is 9.88 Å². The highest BCUT2D eigenvalue weighted by Crippen LogP contribution is 1.95. The van der Waals surface area contributed by atoms with Crippen LogP contribution in [0.15, 0.2) is 24.5 Å². The molecule has 1 rings (SSSR count). The number of carbonyl (C=O) groups excluding carboxylic acids is 1. The van der Waals surface area contributed by atoms with Crippen molar-refractivity contribution in [2.75, 3.05) is 0 Å². The van der Waals surface area contributed by atoms with Gasteiger partial charge in [0.2, 0.25) is 5.91 Å². The van der Waals surface area contributed by atoms with E-state index in [1.54, 1.807) is 0 Å². The van der Waals surface area contributed by atoms with Gasteiger partial charge in [0, 0.05) is 18.4 Å². The highest BCUT2D eigenvalue weighted by atomic mass is 16.2. The Morgan fingerprint density at radius 3 is 2.64 bits per heavy atom. The third-order valence-electron chi connectivity index (χ3n) is 2.12. The Hall–Kier alpha value is -1.25. The summed E-state index contributed by atoms with van der Waals surface area (Å²) in [4.78, 5) is 11.5. The summed E-state index contributed by atoms with van der Waals surface area (Å²) in [6, 6.07) is 4.12. The molecule has 0 radical (unpaired) electrons. The molecule has 3 heteroatoms. The molecule has 1 aromatic heterocycles. The summed E-state index contributed by atoms with van der Waals surface area (Å²) in [5.74, 6) is 0.0853. The lowest BCUT2D eigenvalue weighted by Crippen LogP contribution is -2.34. The minimum atomic E-state index is 0.0853. The minimum absolute atomic E-state index is 0.0853. The van der Waals surface area contributed by atoms with Crippen molar-refractivity contribution in [1.29, 1.82) is 0 Å². The summed E-state index contributed by atoms with van der Waals surface area (Å²) in [6.07, 6.45) is 5.93. The standard InChI is InChI=1S/C11H18N2O/c1-3-6-10(2)12-11(14)9-13-7-4-5-8-13/h4-5,7-8,10H,3,6,9H2,1-2H3,(H,12,14). The van der Waals surface area contributed by atoms with Crippen molar-refractivity contribution in [1.82, 2.24) is 9.88 Å². The van der Waals surface area contributed by atoms with Gasteiger partial charge in [-0.3, -0.25) is 4.79 Å². The number of amides is 1. The second kappa shape index (κ2) is 5.47. The van der Waals surface area contributed by atoms with E-state index in [4.69, 9.17) is 0 Å². The van der Waals surface area contributed by atoms with E-state index in [9.17, 15) is 4.79 Å². The maximum Gasteiger partial charge on any atom is 0.240 e. The first-order valence-electron chi connectivity index (χ1n) is 5.12. The maximum absolute atomic E-state index is 11.5. The van der Waals surface area contributed by atoms with E-state index in [0.717, 1.165) is 12.8 Å². The quantitative estimate of drug-likeness (QED) is 0.762. The molecule has 78 valence electrons. The Bertz CT molecular complexity index is 267. The molecule has 3 nitrogen and oxygen atoms in total. The number of nitrogens with one attached hydrogen (secondary N) is 1. The normalized spacial score (nSPS) is 12.4. The summed E-state index contributed by atoms with van der Waals surface area (Å²) in [6.45, 7) is 4.58. The van der Waals surface area contributed by atoms with Gasteiger partial charge in [-0.25, -0.2) is 0 Å². The number of nitrogens with zero attached hydrogens (tertiary/aromatic N) is 1. The van der Waals surface area contributed by atoms with Crippen molar-refractivity contribution in [3.05, 3.63) is 24.5 Å². The van der Waals surface area contributed by atoms with Crippen LogP contribution in [-0.4, -0.2) is 16.5 Å². The molecule has 0 aliphatic heterocycles. The van der Waals surface area contributed by atoms with Crippen LogP contribution < -0.4 is 5.32 Å². The van der Waals surface area contributed by atoms with Gasteiger partial charge in [0.25, 0.3) is 0 Å². The number of aromatic nitrogens is 1. The maximum atomic E-state index is 11.5. The predicted octanol–water partition coefficient (Wildman–Crippen LogP) is 1.79. The highest BCUT2D eigenvalue weighted by molar-refractivity contribution is 5.75. The van der Waals surface area contributed by atoms with Crippen molar-refractivity contribution < 1.29 is 4.79 Å². The second-order valence-electron chi connectivity index (χ2n) is 3.61. The Balaban J connectivity index is 2.29. The third kappa shape index (κ3) is 3.64. The summed E-state index contributed by atoms with van der Waals surface area (Å²) in [5.41, 5.74) is 0. The van der Waals surface area contributed by atoms with E-state index in [-0.39, 0.29) is 11.9 Å². The van der Waals surface area contributed by atoms with Crippen LogP contribution in [-0.2, 0) is 11.3 Å². The van der Waals surface area contributed by atoms with Crippen molar-refractivity contribution >= 4 is 5.91 Å². The van der Waals surface area contributed by atoms with Crippen molar-refractivity contribution in [3.63, 3.8) is 0 Å². The lowest BCUT2D eigenvalue weighted by Gasteiger charge is -2.12.